The molecule has 5 rings (SSSR count). The van der Waals surface area contributed by atoms with E-state index in [9.17, 15) is 4.39 Å². The molecule has 0 atom stereocenters. The molecule has 0 aliphatic rings. The van der Waals surface area contributed by atoms with Crippen LogP contribution in [-0.4, -0.2) is 31.2 Å². The number of rotatable bonds is 9. The predicted molar refractivity (Wildman–Crippen MR) is 139 cm³/mol. The number of aromatic nitrogens is 4. The SMILES string of the molecule is Fc1ccc(Cn2cnnc2CN(CCc2ccc(Br)cc2)Cc2ccc3ccccc3n2)cc1. The molecule has 0 radical (unpaired) electrons. The van der Waals surface area contributed by atoms with E-state index in [4.69, 9.17) is 4.98 Å². The van der Waals surface area contributed by atoms with Crippen LogP contribution >= 0.6 is 15.9 Å². The number of para-hydroxylation sites is 1. The Labute approximate surface area is 212 Å². The lowest BCUT2D eigenvalue weighted by molar-refractivity contribution is 0.247. The van der Waals surface area contributed by atoms with Crippen molar-refractivity contribution in [1.82, 2.24) is 24.6 Å². The third-order valence-corrected chi connectivity index (χ3v) is 6.53. The Morgan fingerprint density at radius 2 is 1.60 bits per heavy atom. The van der Waals surface area contributed by atoms with Crippen LogP contribution in [0.25, 0.3) is 10.9 Å². The van der Waals surface area contributed by atoms with Gasteiger partial charge < -0.3 is 4.57 Å². The first kappa shape index (κ1) is 23.3. The molecule has 2 aromatic heterocycles. The van der Waals surface area contributed by atoms with Crippen LogP contribution in [0.4, 0.5) is 4.39 Å². The van der Waals surface area contributed by atoms with Gasteiger partial charge in [-0.1, -0.05) is 64.5 Å². The summed E-state index contributed by atoms with van der Waals surface area (Å²) in [5.74, 6) is 0.630. The minimum atomic E-state index is -0.236. The molecular formula is C28H25BrFN5. The molecule has 5 nitrogen and oxygen atoms in total. The van der Waals surface area contributed by atoms with E-state index >= 15 is 0 Å². The maximum absolute atomic E-state index is 13.3. The van der Waals surface area contributed by atoms with Crippen molar-refractivity contribution in [3.8, 4) is 0 Å². The van der Waals surface area contributed by atoms with E-state index in [1.165, 1.54) is 17.7 Å². The summed E-state index contributed by atoms with van der Waals surface area (Å²) in [6.45, 7) is 2.77. The first-order valence-corrected chi connectivity index (χ1v) is 12.3. The molecule has 0 saturated heterocycles. The van der Waals surface area contributed by atoms with Gasteiger partial charge in [0.15, 0.2) is 0 Å². The average molecular weight is 530 g/mol. The highest BCUT2D eigenvalue weighted by atomic mass is 79.9. The van der Waals surface area contributed by atoms with Gasteiger partial charge in [-0.2, -0.15) is 0 Å². The summed E-state index contributed by atoms with van der Waals surface area (Å²) < 4.78 is 16.4. The van der Waals surface area contributed by atoms with Crippen LogP contribution in [0.2, 0.25) is 0 Å². The summed E-state index contributed by atoms with van der Waals surface area (Å²) >= 11 is 3.51. The van der Waals surface area contributed by atoms with E-state index in [-0.39, 0.29) is 5.82 Å². The zero-order valence-electron chi connectivity index (χ0n) is 19.2. The number of benzene rings is 3. The molecule has 0 bridgehead atoms. The van der Waals surface area contributed by atoms with Crippen molar-refractivity contribution in [3.63, 3.8) is 0 Å². The largest absolute Gasteiger partial charge is 0.312 e. The minimum absolute atomic E-state index is 0.236. The van der Waals surface area contributed by atoms with Crippen molar-refractivity contribution in [2.45, 2.75) is 26.1 Å². The van der Waals surface area contributed by atoms with Gasteiger partial charge in [0.1, 0.15) is 18.0 Å². The van der Waals surface area contributed by atoms with Gasteiger partial charge in [-0.3, -0.25) is 9.88 Å². The Bertz CT molecular complexity index is 1400. The third kappa shape index (κ3) is 6.18. The highest BCUT2D eigenvalue weighted by Gasteiger charge is 2.14. The van der Waals surface area contributed by atoms with Crippen molar-refractivity contribution in [3.05, 3.63) is 124 Å². The summed E-state index contributed by atoms with van der Waals surface area (Å²) in [6, 6.07) is 27.4. The summed E-state index contributed by atoms with van der Waals surface area (Å²) in [5, 5.41) is 9.69. The molecule has 3 aromatic carbocycles. The highest BCUT2D eigenvalue weighted by Crippen LogP contribution is 2.16. The van der Waals surface area contributed by atoms with Crippen LogP contribution < -0.4 is 0 Å². The standard InChI is InChI=1S/C28H25BrFN5/c29-24-10-5-21(6-11-24)15-16-34(18-26-14-9-23-3-1-2-4-27(23)32-26)19-28-33-31-20-35(28)17-22-7-12-25(30)13-8-22/h1-14,20H,15-19H2. The molecule has 0 aliphatic carbocycles. The topological polar surface area (TPSA) is 46.8 Å². The fourth-order valence-electron chi connectivity index (χ4n) is 4.10. The summed E-state index contributed by atoms with van der Waals surface area (Å²) in [5.41, 5.74) is 4.30. The summed E-state index contributed by atoms with van der Waals surface area (Å²) in [6.07, 6.45) is 2.65. The minimum Gasteiger partial charge on any atom is -0.312 e. The molecule has 5 aromatic rings. The second-order valence-electron chi connectivity index (χ2n) is 8.58. The van der Waals surface area contributed by atoms with E-state index in [2.05, 4.69) is 73.5 Å². The zero-order chi connectivity index (χ0) is 24.0. The van der Waals surface area contributed by atoms with Gasteiger partial charge in [-0.25, -0.2) is 4.39 Å². The zero-order valence-corrected chi connectivity index (χ0v) is 20.8. The Morgan fingerprint density at radius 3 is 2.43 bits per heavy atom. The molecule has 176 valence electrons. The Kier molecular flexibility index (Phi) is 7.25. The first-order chi connectivity index (χ1) is 17.1. The van der Waals surface area contributed by atoms with E-state index in [1.54, 1.807) is 18.5 Å². The van der Waals surface area contributed by atoms with E-state index in [0.717, 1.165) is 45.4 Å². The smallest absolute Gasteiger partial charge is 0.147 e. The molecular weight excluding hydrogens is 505 g/mol. The highest BCUT2D eigenvalue weighted by molar-refractivity contribution is 9.10. The number of fused-ring (bicyclic) bond motifs is 1. The number of hydrogen-bond donors (Lipinski definition) is 0. The van der Waals surface area contributed by atoms with E-state index in [1.807, 2.05) is 22.8 Å². The predicted octanol–water partition coefficient (Wildman–Crippen LogP) is 6.02. The third-order valence-electron chi connectivity index (χ3n) is 6.00. The molecule has 0 fully saturated rings. The van der Waals surface area contributed by atoms with Crippen LogP contribution in [-0.2, 0) is 26.1 Å². The van der Waals surface area contributed by atoms with Gasteiger partial charge >= 0.3 is 0 Å². The van der Waals surface area contributed by atoms with Crippen molar-refractivity contribution < 1.29 is 4.39 Å². The van der Waals surface area contributed by atoms with Crippen LogP contribution in [0, 0.1) is 5.82 Å². The quantitative estimate of drug-likeness (QED) is 0.234. The lowest BCUT2D eigenvalue weighted by atomic mass is 10.1. The normalized spacial score (nSPS) is 11.4. The van der Waals surface area contributed by atoms with E-state index < -0.39 is 0 Å². The molecule has 0 unspecified atom stereocenters. The van der Waals surface area contributed by atoms with Gasteiger partial charge in [0, 0.05) is 22.9 Å². The summed E-state index contributed by atoms with van der Waals surface area (Å²) in [4.78, 5) is 7.23. The second-order valence-corrected chi connectivity index (χ2v) is 9.50. The molecule has 7 heteroatoms. The lowest BCUT2D eigenvalue weighted by Gasteiger charge is -2.22. The van der Waals surface area contributed by atoms with Crippen LogP contribution in [0.3, 0.4) is 0 Å². The van der Waals surface area contributed by atoms with Gasteiger partial charge in [-0.05, 0) is 53.9 Å². The molecule has 0 saturated carbocycles. The van der Waals surface area contributed by atoms with Crippen LogP contribution in [0.5, 0.6) is 0 Å². The van der Waals surface area contributed by atoms with Crippen LogP contribution in [0.1, 0.15) is 22.6 Å². The Morgan fingerprint density at radius 1 is 0.829 bits per heavy atom. The second kappa shape index (κ2) is 10.9. The lowest BCUT2D eigenvalue weighted by Crippen LogP contribution is -2.27. The molecule has 0 amide bonds. The van der Waals surface area contributed by atoms with Gasteiger partial charge in [0.05, 0.1) is 24.3 Å². The number of pyridine rings is 1. The Balaban J connectivity index is 1.35. The maximum atomic E-state index is 13.3. The van der Waals surface area contributed by atoms with E-state index in [0.29, 0.717) is 19.6 Å². The Hall–Kier alpha value is -3.42. The van der Waals surface area contributed by atoms with Crippen molar-refractivity contribution >= 4 is 26.8 Å². The van der Waals surface area contributed by atoms with Gasteiger partial charge in [0.2, 0.25) is 0 Å². The number of nitrogens with zero attached hydrogens (tertiary/aromatic N) is 5. The molecule has 0 spiro atoms. The van der Waals surface area contributed by atoms with Crippen molar-refractivity contribution in [1.29, 1.82) is 0 Å². The fourth-order valence-corrected chi connectivity index (χ4v) is 4.36. The van der Waals surface area contributed by atoms with Crippen molar-refractivity contribution in [2.75, 3.05) is 6.54 Å². The molecule has 2 heterocycles. The number of halogens is 2. The fraction of sp³-hybridized carbons (Fsp3) is 0.179. The monoisotopic (exact) mass is 529 g/mol. The first-order valence-electron chi connectivity index (χ1n) is 11.5. The van der Waals surface area contributed by atoms with Gasteiger partial charge in [0.25, 0.3) is 0 Å². The van der Waals surface area contributed by atoms with Gasteiger partial charge in [-0.15, -0.1) is 10.2 Å². The number of hydrogen-bond acceptors (Lipinski definition) is 4. The molecule has 35 heavy (non-hydrogen) atoms. The molecule has 0 aliphatic heterocycles. The maximum Gasteiger partial charge on any atom is 0.147 e. The van der Waals surface area contributed by atoms with Crippen LogP contribution in [0.15, 0.2) is 95.7 Å². The average Bonchev–Trinajstić information content (AvgIpc) is 3.31. The van der Waals surface area contributed by atoms with Crippen molar-refractivity contribution in [2.24, 2.45) is 0 Å². The summed E-state index contributed by atoms with van der Waals surface area (Å²) in [7, 11) is 0. The molecule has 0 N–H and O–H groups in total.